The molecule has 0 atom stereocenters. The van der Waals surface area contributed by atoms with E-state index >= 15 is 0 Å². The predicted octanol–water partition coefficient (Wildman–Crippen LogP) is 2.67. The van der Waals surface area contributed by atoms with Gasteiger partial charge in [-0.2, -0.15) is 0 Å². The van der Waals surface area contributed by atoms with E-state index in [1.165, 1.54) is 25.1 Å². The van der Waals surface area contributed by atoms with E-state index in [0.29, 0.717) is 37.0 Å². The average molecular weight is 406 g/mol. The number of nitrogens with zero attached hydrogens (tertiary/aromatic N) is 4. The van der Waals surface area contributed by atoms with E-state index in [1.807, 2.05) is 24.3 Å². The summed E-state index contributed by atoms with van der Waals surface area (Å²) in [5.74, 6) is 1.68. The van der Waals surface area contributed by atoms with E-state index in [9.17, 15) is 4.79 Å². The van der Waals surface area contributed by atoms with Crippen molar-refractivity contribution in [2.24, 2.45) is 0 Å². The SMILES string of the molecule is COc1ccc(COc2ccc3c(c2)CN(C(=O)c2cnc(OC)cn2)CC3)nc1. The molecule has 30 heavy (non-hydrogen) atoms. The number of rotatable bonds is 6. The number of carbonyl (C=O) groups is 1. The van der Waals surface area contributed by atoms with Crippen molar-refractivity contribution in [1.29, 1.82) is 0 Å². The van der Waals surface area contributed by atoms with Crippen LogP contribution in [0.15, 0.2) is 48.9 Å². The van der Waals surface area contributed by atoms with Crippen LogP contribution in [-0.2, 0) is 19.6 Å². The third-order valence-corrected chi connectivity index (χ3v) is 4.95. The summed E-state index contributed by atoms with van der Waals surface area (Å²) in [5, 5.41) is 0. The Morgan fingerprint density at radius 3 is 2.53 bits per heavy atom. The van der Waals surface area contributed by atoms with Gasteiger partial charge < -0.3 is 19.1 Å². The zero-order valence-corrected chi connectivity index (χ0v) is 16.9. The van der Waals surface area contributed by atoms with Gasteiger partial charge in [-0.1, -0.05) is 6.07 Å². The Morgan fingerprint density at radius 1 is 0.967 bits per heavy atom. The first-order chi connectivity index (χ1) is 14.7. The quantitative estimate of drug-likeness (QED) is 0.622. The van der Waals surface area contributed by atoms with Gasteiger partial charge in [0.2, 0.25) is 5.88 Å². The number of fused-ring (bicyclic) bond motifs is 1. The van der Waals surface area contributed by atoms with E-state index in [4.69, 9.17) is 14.2 Å². The van der Waals surface area contributed by atoms with Crippen LogP contribution in [-0.4, -0.2) is 46.5 Å². The van der Waals surface area contributed by atoms with Gasteiger partial charge in [-0.3, -0.25) is 9.78 Å². The molecule has 0 spiro atoms. The summed E-state index contributed by atoms with van der Waals surface area (Å²) < 4.78 is 16.0. The number of amides is 1. The standard InChI is InChI=1S/C22H22N4O4/c1-28-19-6-4-17(23-10-19)14-30-18-5-3-15-7-8-26(13-16(15)9-18)22(27)20-11-25-21(29-2)12-24-20/h3-6,9-12H,7-8,13-14H2,1-2H3. The Balaban J connectivity index is 1.42. The highest BCUT2D eigenvalue weighted by Crippen LogP contribution is 2.25. The number of pyridine rings is 1. The highest BCUT2D eigenvalue weighted by molar-refractivity contribution is 5.92. The summed E-state index contributed by atoms with van der Waals surface area (Å²) in [7, 11) is 3.12. The molecule has 0 saturated heterocycles. The van der Waals surface area contributed by atoms with Gasteiger partial charge in [-0.05, 0) is 41.8 Å². The minimum atomic E-state index is -0.149. The smallest absolute Gasteiger partial charge is 0.274 e. The molecule has 0 saturated carbocycles. The number of hydrogen-bond acceptors (Lipinski definition) is 7. The molecule has 0 radical (unpaired) electrons. The molecule has 0 N–H and O–H groups in total. The second-order valence-corrected chi connectivity index (χ2v) is 6.83. The largest absolute Gasteiger partial charge is 0.495 e. The second kappa shape index (κ2) is 8.77. The molecule has 8 heteroatoms. The lowest BCUT2D eigenvalue weighted by atomic mass is 9.99. The topological polar surface area (TPSA) is 86.7 Å². The maximum atomic E-state index is 12.8. The van der Waals surface area contributed by atoms with Crippen LogP contribution in [0.1, 0.15) is 27.3 Å². The first-order valence-electron chi connectivity index (χ1n) is 9.55. The zero-order chi connectivity index (χ0) is 20.9. The molecule has 0 bridgehead atoms. The monoisotopic (exact) mass is 406 g/mol. The van der Waals surface area contributed by atoms with Crippen LogP contribution in [0.3, 0.4) is 0 Å². The van der Waals surface area contributed by atoms with E-state index in [0.717, 1.165) is 23.4 Å². The molecular weight excluding hydrogens is 384 g/mol. The number of methoxy groups -OCH3 is 2. The molecular formula is C22H22N4O4. The van der Waals surface area contributed by atoms with Gasteiger partial charge in [0.05, 0.1) is 38.5 Å². The Bertz CT molecular complexity index is 1020. The number of aromatic nitrogens is 3. The fourth-order valence-electron chi connectivity index (χ4n) is 3.26. The lowest BCUT2D eigenvalue weighted by Gasteiger charge is -2.29. The van der Waals surface area contributed by atoms with E-state index in [-0.39, 0.29) is 5.91 Å². The summed E-state index contributed by atoms with van der Waals surface area (Å²) in [5.41, 5.74) is 3.40. The van der Waals surface area contributed by atoms with Crippen LogP contribution in [0.4, 0.5) is 0 Å². The molecule has 4 rings (SSSR count). The highest BCUT2D eigenvalue weighted by Gasteiger charge is 2.23. The van der Waals surface area contributed by atoms with Crippen molar-refractivity contribution in [3.8, 4) is 17.4 Å². The number of carbonyl (C=O) groups excluding carboxylic acids is 1. The van der Waals surface area contributed by atoms with Gasteiger partial charge in [0.25, 0.3) is 5.91 Å². The summed E-state index contributed by atoms with van der Waals surface area (Å²) in [6, 6.07) is 9.71. The summed E-state index contributed by atoms with van der Waals surface area (Å²) in [6.07, 6.45) is 5.34. The lowest BCUT2D eigenvalue weighted by Crippen LogP contribution is -2.36. The normalized spacial score (nSPS) is 12.8. The molecule has 1 amide bonds. The molecule has 3 heterocycles. The van der Waals surface area contributed by atoms with Crippen LogP contribution in [0.25, 0.3) is 0 Å². The minimum absolute atomic E-state index is 0.149. The Labute approximate surface area is 174 Å². The van der Waals surface area contributed by atoms with E-state index in [2.05, 4.69) is 21.0 Å². The molecule has 0 fully saturated rings. The summed E-state index contributed by atoms with van der Waals surface area (Å²) in [4.78, 5) is 27.1. The van der Waals surface area contributed by atoms with Gasteiger partial charge in [-0.25, -0.2) is 9.97 Å². The van der Waals surface area contributed by atoms with Crippen molar-refractivity contribution in [2.75, 3.05) is 20.8 Å². The van der Waals surface area contributed by atoms with Crippen LogP contribution in [0.2, 0.25) is 0 Å². The predicted molar refractivity (Wildman–Crippen MR) is 109 cm³/mol. The van der Waals surface area contributed by atoms with Crippen LogP contribution < -0.4 is 14.2 Å². The molecule has 8 nitrogen and oxygen atoms in total. The average Bonchev–Trinajstić information content (AvgIpc) is 2.82. The fourth-order valence-corrected chi connectivity index (χ4v) is 3.26. The first kappa shape index (κ1) is 19.6. The third-order valence-electron chi connectivity index (χ3n) is 4.95. The molecule has 1 aliphatic rings. The van der Waals surface area contributed by atoms with E-state index in [1.54, 1.807) is 18.2 Å². The van der Waals surface area contributed by atoms with E-state index < -0.39 is 0 Å². The van der Waals surface area contributed by atoms with Crippen LogP contribution >= 0.6 is 0 Å². The summed E-state index contributed by atoms with van der Waals surface area (Å²) >= 11 is 0. The minimum Gasteiger partial charge on any atom is -0.495 e. The van der Waals surface area contributed by atoms with Crippen LogP contribution in [0.5, 0.6) is 17.4 Å². The van der Waals surface area contributed by atoms with Crippen LogP contribution in [0, 0.1) is 0 Å². The highest BCUT2D eigenvalue weighted by atomic mass is 16.5. The lowest BCUT2D eigenvalue weighted by molar-refractivity contribution is 0.0727. The molecule has 154 valence electrons. The van der Waals surface area contributed by atoms with Crippen molar-refractivity contribution in [3.05, 3.63) is 71.4 Å². The third kappa shape index (κ3) is 4.32. The number of ether oxygens (including phenoxy) is 3. The van der Waals surface area contributed by atoms with Gasteiger partial charge >= 0.3 is 0 Å². The molecule has 0 unspecified atom stereocenters. The second-order valence-electron chi connectivity index (χ2n) is 6.83. The molecule has 1 aromatic carbocycles. The maximum Gasteiger partial charge on any atom is 0.274 e. The van der Waals surface area contributed by atoms with Gasteiger partial charge in [0.1, 0.15) is 23.8 Å². The Hall–Kier alpha value is -3.68. The molecule has 2 aromatic heterocycles. The Morgan fingerprint density at radius 2 is 1.83 bits per heavy atom. The van der Waals surface area contributed by atoms with Crippen molar-refractivity contribution >= 4 is 5.91 Å². The molecule has 3 aromatic rings. The van der Waals surface area contributed by atoms with Crippen molar-refractivity contribution in [2.45, 2.75) is 19.6 Å². The summed E-state index contributed by atoms with van der Waals surface area (Å²) in [6.45, 7) is 1.49. The van der Waals surface area contributed by atoms with Crippen molar-refractivity contribution in [3.63, 3.8) is 0 Å². The number of hydrogen-bond donors (Lipinski definition) is 0. The van der Waals surface area contributed by atoms with Gasteiger partial charge in [0.15, 0.2) is 0 Å². The molecule has 1 aliphatic heterocycles. The number of benzene rings is 1. The Kier molecular flexibility index (Phi) is 5.74. The van der Waals surface area contributed by atoms with Crippen molar-refractivity contribution in [1.82, 2.24) is 19.9 Å². The maximum absolute atomic E-state index is 12.8. The first-order valence-corrected chi connectivity index (χ1v) is 9.55. The van der Waals surface area contributed by atoms with Gasteiger partial charge in [0, 0.05) is 13.1 Å². The molecule has 0 aliphatic carbocycles. The fraction of sp³-hybridized carbons (Fsp3) is 0.273. The van der Waals surface area contributed by atoms with Crippen molar-refractivity contribution < 1.29 is 19.0 Å². The van der Waals surface area contributed by atoms with Gasteiger partial charge in [-0.15, -0.1) is 0 Å². The zero-order valence-electron chi connectivity index (χ0n) is 16.9.